The number of nitrogens with one attached hydrogen (secondary N) is 1. The molecule has 0 spiro atoms. The molecule has 0 aliphatic heterocycles. The Morgan fingerprint density at radius 3 is 2.55 bits per heavy atom. The molecule has 1 aromatic heterocycles. The lowest BCUT2D eigenvalue weighted by atomic mass is 10.2. The summed E-state index contributed by atoms with van der Waals surface area (Å²) in [5.41, 5.74) is 6.68. The van der Waals surface area contributed by atoms with Crippen LogP contribution in [0.5, 0.6) is 0 Å². The number of aromatic nitrogens is 2. The van der Waals surface area contributed by atoms with Gasteiger partial charge < -0.3 is 10.7 Å². The molecule has 0 aliphatic rings. The monoisotopic (exact) mass is 271 g/mol. The third-order valence-corrected chi connectivity index (χ3v) is 3.00. The van der Waals surface area contributed by atoms with E-state index in [1.54, 1.807) is 12.1 Å². The Bertz CT molecular complexity index is 862. The number of halogens is 1. The Balaban J connectivity index is 2.21. The molecule has 0 saturated carbocycles. The molecule has 0 bridgehead atoms. The predicted molar refractivity (Wildman–Crippen MR) is 73.1 cm³/mol. The van der Waals surface area contributed by atoms with Crippen LogP contribution in [0, 0.1) is 5.82 Å². The minimum atomic E-state index is -0.556. The van der Waals surface area contributed by atoms with Crippen molar-refractivity contribution in [1.82, 2.24) is 9.55 Å². The summed E-state index contributed by atoms with van der Waals surface area (Å²) < 4.78 is 13.9. The van der Waals surface area contributed by atoms with Crippen LogP contribution in [0.4, 0.5) is 10.1 Å². The van der Waals surface area contributed by atoms with Crippen molar-refractivity contribution in [3.8, 4) is 0 Å². The molecule has 0 atom stereocenters. The highest BCUT2D eigenvalue weighted by molar-refractivity contribution is 6.01. The smallest absolute Gasteiger partial charge is 0.333 e. The second-order valence-electron chi connectivity index (χ2n) is 4.35. The van der Waals surface area contributed by atoms with Gasteiger partial charge in [-0.05, 0) is 42.5 Å². The van der Waals surface area contributed by atoms with Crippen molar-refractivity contribution >= 4 is 22.6 Å². The maximum Gasteiger partial charge on any atom is 0.333 e. The molecule has 6 heteroatoms. The highest BCUT2D eigenvalue weighted by atomic mass is 19.1. The minimum Gasteiger partial charge on any atom is -0.399 e. The zero-order valence-corrected chi connectivity index (χ0v) is 10.3. The first kappa shape index (κ1) is 12.2. The van der Waals surface area contributed by atoms with Gasteiger partial charge in [-0.3, -0.25) is 4.79 Å². The Kier molecular flexibility index (Phi) is 2.64. The van der Waals surface area contributed by atoms with Crippen molar-refractivity contribution in [2.75, 3.05) is 5.73 Å². The molecule has 3 N–H and O–H groups in total. The summed E-state index contributed by atoms with van der Waals surface area (Å²) in [6, 6.07) is 9.79. The number of nitrogen functional groups attached to an aromatic ring is 1. The molecule has 3 aromatic rings. The van der Waals surface area contributed by atoms with E-state index in [4.69, 9.17) is 5.73 Å². The lowest BCUT2D eigenvalue weighted by Crippen LogP contribution is -2.24. The number of hydrogen-bond acceptors (Lipinski definition) is 3. The minimum absolute atomic E-state index is 0.219. The zero-order chi connectivity index (χ0) is 14.3. The number of H-pyrrole nitrogens is 1. The molecule has 3 rings (SSSR count). The number of imidazole rings is 1. The molecule has 100 valence electrons. The highest BCUT2D eigenvalue weighted by Gasteiger charge is 2.15. The van der Waals surface area contributed by atoms with Gasteiger partial charge in [0.2, 0.25) is 0 Å². The van der Waals surface area contributed by atoms with Gasteiger partial charge >= 0.3 is 5.69 Å². The number of rotatable bonds is 1. The van der Waals surface area contributed by atoms with Crippen LogP contribution in [0.2, 0.25) is 0 Å². The number of hydrogen-bond donors (Lipinski definition) is 2. The van der Waals surface area contributed by atoms with E-state index in [1.165, 1.54) is 30.3 Å². The lowest BCUT2D eigenvalue weighted by Gasteiger charge is -2.03. The van der Waals surface area contributed by atoms with Crippen molar-refractivity contribution in [3.05, 3.63) is 64.3 Å². The summed E-state index contributed by atoms with van der Waals surface area (Å²) in [6.45, 7) is 0. The average Bonchev–Trinajstić information content (AvgIpc) is 2.74. The van der Waals surface area contributed by atoms with Crippen molar-refractivity contribution in [1.29, 1.82) is 0 Å². The topological polar surface area (TPSA) is 80.9 Å². The number of aromatic amines is 1. The van der Waals surface area contributed by atoms with Gasteiger partial charge in [-0.2, -0.15) is 0 Å². The Morgan fingerprint density at radius 1 is 1.15 bits per heavy atom. The van der Waals surface area contributed by atoms with Crippen LogP contribution < -0.4 is 11.4 Å². The number of benzene rings is 2. The largest absolute Gasteiger partial charge is 0.399 e. The second-order valence-corrected chi connectivity index (χ2v) is 4.35. The van der Waals surface area contributed by atoms with E-state index in [2.05, 4.69) is 4.98 Å². The lowest BCUT2D eigenvalue weighted by molar-refractivity contribution is 0.0961. The van der Waals surface area contributed by atoms with Crippen LogP contribution in [-0.4, -0.2) is 15.5 Å². The van der Waals surface area contributed by atoms with Crippen LogP contribution in [0.25, 0.3) is 11.0 Å². The fourth-order valence-corrected chi connectivity index (χ4v) is 2.04. The van der Waals surface area contributed by atoms with Crippen LogP contribution in [0.1, 0.15) is 10.4 Å². The van der Waals surface area contributed by atoms with Gasteiger partial charge in [0.1, 0.15) is 5.82 Å². The van der Waals surface area contributed by atoms with E-state index in [-0.39, 0.29) is 5.56 Å². The molecule has 0 aliphatic carbocycles. The first-order chi connectivity index (χ1) is 9.56. The van der Waals surface area contributed by atoms with E-state index in [9.17, 15) is 14.0 Å². The van der Waals surface area contributed by atoms with Crippen LogP contribution in [0.3, 0.4) is 0 Å². The van der Waals surface area contributed by atoms with Gasteiger partial charge in [0.15, 0.2) is 0 Å². The molecule has 1 heterocycles. The fourth-order valence-electron chi connectivity index (χ4n) is 2.04. The Morgan fingerprint density at radius 2 is 1.85 bits per heavy atom. The maximum absolute atomic E-state index is 12.9. The molecule has 2 aromatic carbocycles. The summed E-state index contributed by atoms with van der Waals surface area (Å²) >= 11 is 0. The zero-order valence-electron chi connectivity index (χ0n) is 10.3. The second kappa shape index (κ2) is 4.34. The number of nitrogens with two attached hydrogens (primary N) is 1. The van der Waals surface area contributed by atoms with Gasteiger partial charge in [0, 0.05) is 11.3 Å². The Hall–Kier alpha value is -2.89. The summed E-state index contributed by atoms with van der Waals surface area (Å²) in [5.74, 6) is -0.982. The first-order valence-electron chi connectivity index (χ1n) is 5.87. The molecule has 0 unspecified atom stereocenters. The van der Waals surface area contributed by atoms with Gasteiger partial charge in [0.25, 0.3) is 5.91 Å². The molecule has 20 heavy (non-hydrogen) atoms. The number of carbonyl (C=O) groups is 1. The molecule has 0 saturated heterocycles. The van der Waals surface area contributed by atoms with E-state index in [1.807, 2.05) is 0 Å². The Labute approximate surface area is 112 Å². The number of anilines is 1. The van der Waals surface area contributed by atoms with Crippen molar-refractivity contribution < 1.29 is 9.18 Å². The third-order valence-electron chi connectivity index (χ3n) is 3.00. The molecule has 0 fully saturated rings. The summed E-state index contributed by atoms with van der Waals surface area (Å²) in [6.07, 6.45) is 0. The molecule has 0 radical (unpaired) electrons. The third kappa shape index (κ3) is 1.87. The fraction of sp³-hybridized carbons (Fsp3) is 0. The normalized spacial score (nSPS) is 10.8. The quantitative estimate of drug-likeness (QED) is 0.661. The highest BCUT2D eigenvalue weighted by Crippen LogP contribution is 2.15. The van der Waals surface area contributed by atoms with E-state index in [0.29, 0.717) is 16.7 Å². The van der Waals surface area contributed by atoms with Crippen molar-refractivity contribution in [2.24, 2.45) is 0 Å². The summed E-state index contributed by atoms with van der Waals surface area (Å²) in [4.78, 5) is 26.8. The first-order valence-corrected chi connectivity index (χ1v) is 5.87. The van der Waals surface area contributed by atoms with Crippen LogP contribution >= 0.6 is 0 Å². The van der Waals surface area contributed by atoms with Crippen molar-refractivity contribution in [2.45, 2.75) is 0 Å². The summed E-state index contributed by atoms with van der Waals surface area (Å²) in [7, 11) is 0. The van der Waals surface area contributed by atoms with E-state index >= 15 is 0 Å². The summed E-state index contributed by atoms with van der Waals surface area (Å²) in [5, 5.41) is 0. The maximum atomic E-state index is 12.9. The number of fused-ring (bicyclic) bond motifs is 1. The van der Waals surface area contributed by atoms with Crippen molar-refractivity contribution in [3.63, 3.8) is 0 Å². The van der Waals surface area contributed by atoms with Crippen LogP contribution in [-0.2, 0) is 0 Å². The van der Waals surface area contributed by atoms with Gasteiger partial charge in [0.05, 0.1) is 11.0 Å². The van der Waals surface area contributed by atoms with E-state index < -0.39 is 17.4 Å². The predicted octanol–water partition coefficient (Wildman–Crippen LogP) is 1.74. The number of nitrogens with zero attached hydrogens (tertiary/aromatic N) is 1. The van der Waals surface area contributed by atoms with Gasteiger partial charge in [-0.15, -0.1) is 0 Å². The SMILES string of the molecule is Nc1ccc2[nH]c(=O)n(C(=O)c3ccc(F)cc3)c2c1. The van der Waals surface area contributed by atoms with Gasteiger partial charge in [-0.1, -0.05) is 0 Å². The molecular formula is C14H10FN3O2. The average molecular weight is 271 g/mol. The standard InChI is InChI=1S/C14H10FN3O2/c15-9-3-1-8(2-4-9)13(19)18-12-7-10(16)5-6-11(12)17-14(18)20/h1-7H,16H2,(H,17,20). The molecule has 0 amide bonds. The molecule has 5 nitrogen and oxygen atoms in total. The van der Waals surface area contributed by atoms with Gasteiger partial charge in [-0.25, -0.2) is 13.8 Å². The molecular weight excluding hydrogens is 261 g/mol. The van der Waals surface area contributed by atoms with E-state index in [0.717, 1.165) is 4.57 Å². The number of carbonyl (C=O) groups excluding carboxylic acids is 1. The van der Waals surface area contributed by atoms with Crippen LogP contribution in [0.15, 0.2) is 47.3 Å².